The molecular formula is C21H22FN3O. The Hall–Kier alpha value is -2.69. The molecular weight excluding hydrogens is 329 g/mol. The van der Waals surface area contributed by atoms with Crippen LogP contribution in [0.15, 0.2) is 48.5 Å². The normalized spacial score (nSPS) is 15.5. The third-order valence-corrected chi connectivity index (χ3v) is 5.18. The van der Waals surface area contributed by atoms with Crippen molar-refractivity contribution >= 4 is 16.9 Å². The average Bonchev–Trinajstić information content (AvgIpc) is 3.12. The van der Waals surface area contributed by atoms with Gasteiger partial charge in [0, 0.05) is 25.4 Å². The number of piperidine rings is 1. The van der Waals surface area contributed by atoms with Crippen molar-refractivity contribution in [1.29, 1.82) is 0 Å². The minimum absolute atomic E-state index is 0.178. The van der Waals surface area contributed by atoms with Crippen molar-refractivity contribution in [2.45, 2.75) is 31.6 Å². The zero-order valence-electron chi connectivity index (χ0n) is 14.6. The Morgan fingerprint density at radius 3 is 2.58 bits per heavy atom. The highest BCUT2D eigenvalue weighted by molar-refractivity contribution is 5.77. The maximum Gasteiger partial charge on any atom is 0.222 e. The number of hydrogen-bond acceptors (Lipinski definition) is 2. The fraction of sp³-hybridized carbons (Fsp3) is 0.333. The quantitative estimate of drug-likeness (QED) is 0.771. The van der Waals surface area contributed by atoms with Crippen LogP contribution in [0.1, 0.15) is 36.6 Å². The summed E-state index contributed by atoms with van der Waals surface area (Å²) in [6.07, 6.45) is 2.99. The Kier molecular flexibility index (Phi) is 4.69. The van der Waals surface area contributed by atoms with E-state index in [9.17, 15) is 9.18 Å². The molecule has 26 heavy (non-hydrogen) atoms. The predicted molar refractivity (Wildman–Crippen MR) is 99.4 cm³/mol. The first-order chi connectivity index (χ1) is 12.7. The van der Waals surface area contributed by atoms with Crippen molar-refractivity contribution in [2.24, 2.45) is 0 Å². The van der Waals surface area contributed by atoms with Crippen LogP contribution in [-0.4, -0.2) is 33.9 Å². The van der Waals surface area contributed by atoms with Crippen LogP contribution in [0.3, 0.4) is 0 Å². The number of likely N-dealkylation sites (tertiary alicyclic amines) is 1. The predicted octanol–water partition coefficient (Wildman–Crippen LogP) is 4.04. The zero-order valence-corrected chi connectivity index (χ0v) is 14.6. The first-order valence-corrected chi connectivity index (χ1v) is 9.16. The molecule has 1 aromatic heterocycles. The van der Waals surface area contributed by atoms with Crippen LogP contribution in [0, 0.1) is 5.82 Å². The number of H-pyrrole nitrogens is 1. The minimum Gasteiger partial charge on any atom is -0.343 e. The highest BCUT2D eigenvalue weighted by Gasteiger charge is 2.25. The van der Waals surface area contributed by atoms with Gasteiger partial charge in [0.25, 0.3) is 0 Å². The van der Waals surface area contributed by atoms with Gasteiger partial charge in [-0.25, -0.2) is 9.37 Å². The lowest BCUT2D eigenvalue weighted by molar-refractivity contribution is -0.132. The number of fused-ring (bicyclic) bond motifs is 1. The van der Waals surface area contributed by atoms with Crippen LogP contribution in [0.25, 0.3) is 11.0 Å². The number of rotatable bonds is 4. The first kappa shape index (κ1) is 16.8. The molecule has 2 aromatic carbocycles. The summed E-state index contributed by atoms with van der Waals surface area (Å²) in [5.74, 6) is 1.35. The number of nitrogens with zero attached hydrogens (tertiary/aromatic N) is 2. The van der Waals surface area contributed by atoms with Gasteiger partial charge in [-0.05, 0) is 49.1 Å². The highest BCUT2D eigenvalue weighted by Crippen LogP contribution is 2.28. The van der Waals surface area contributed by atoms with E-state index in [1.54, 1.807) is 12.1 Å². The summed E-state index contributed by atoms with van der Waals surface area (Å²) < 4.78 is 12.9. The molecule has 5 heteroatoms. The Balaban J connectivity index is 1.31. The summed E-state index contributed by atoms with van der Waals surface area (Å²) in [6, 6.07) is 14.4. The van der Waals surface area contributed by atoms with Crippen molar-refractivity contribution in [3.63, 3.8) is 0 Å². The van der Waals surface area contributed by atoms with Crippen molar-refractivity contribution in [2.75, 3.05) is 13.1 Å². The van der Waals surface area contributed by atoms with Crippen LogP contribution >= 0.6 is 0 Å². The summed E-state index contributed by atoms with van der Waals surface area (Å²) in [4.78, 5) is 22.5. The number of amides is 1. The molecule has 1 N–H and O–H groups in total. The number of aromatic amines is 1. The molecule has 0 unspecified atom stereocenters. The van der Waals surface area contributed by atoms with Gasteiger partial charge in [0.1, 0.15) is 11.6 Å². The third-order valence-electron chi connectivity index (χ3n) is 5.18. The summed E-state index contributed by atoms with van der Waals surface area (Å²) in [6.45, 7) is 1.54. The SMILES string of the molecule is O=C(CCc1ccc(F)cc1)N1CCC(c2nc3ccccc3[nH]2)CC1. The van der Waals surface area contributed by atoms with E-state index in [1.165, 1.54) is 12.1 Å². The van der Waals surface area contributed by atoms with Gasteiger partial charge < -0.3 is 9.88 Å². The Labute approximate surface area is 152 Å². The number of halogens is 1. The highest BCUT2D eigenvalue weighted by atomic mass is 19.1. The number of nitrogens with one attached hydrogen (secondary N) is 1. The number of aryl methyl sites for hydroxylation is 1. The molecule has 134 valence electrons. The molecule has 0 radical (unpaired) electrons. The van der Waals surface area contributed by atoms with Crippen LogP contribution in [0.4, 0.5) is 4.39 Å². The third kappa shape index (κ3) is 3.62. The molecule has 0 atom stereocenters. The van der Waals surface area contributed by atoms with Crippen LogP contribution in [0.5, 0.6) is 0 Å². The number of carbonyl (C=O) groups is 1. The van der Waals surface area contributed by atoms with E-state index < -0.39 is 0 Å². The standard InChI is InChI=1S/C21H22FN3O/c22-17-8-5-15(6-9-17)7-10-20(26)25-13-11-16(12-14-25)21-23-18-3-1-2-4-19(18)24-21/h1-6,8-9,16H,7,10-14H2,(H,23,24). The smallest absolute Gasteiger partial charge is 0.222 e. The van der Waals surface area contributed by atoms with Crippen LogP contribution < -0.4 is 0 Å². The van der Waals surface area contributed by atoms with E-state index in [-0.39, 0.29) is 11.7 Å². The maximum absolute atomic E-state index is 12.9. The van der Waals surface area contributed by atoms with Gasteiger partial charge in [-0.15, -0.1) is 0 Å². The minimum atomic E-state index is -0.243. The van der Waals surface area contributed by atoms with Crippen LogP contribution in [-0.2, 0) is 11.2 Å². The van der Waals surface area contributed by atoms with Gasteiger partial charge in [0.05, 0.1) is 11.0 Å². The first-order valence-electron chi connectivity index (χ1n) is 9.16. The van der Waals surface area contributed by atoms with E-state index in [4.69, 9.17) is 4.98 Å². The molecule has 1 aliphatic heterocycles. The van der Waals surface area contributed by atoms with E-state index in [2.05, 4.69) is 4.98 Å². The average molecular weight is 351 g/mol. The number of benzene rings is 2. The number of para-hydroxylation sites is 2. The van der Waals surface area contributed by atoms with Gasteiger partial charge in [0.2, 0.25) is 5.91 Å². The molecule has 3 aromatic rings. The van der Waals surface area contributed by atoms with Crippen molar-refractivity contribution in [3.05, 3.63) is 65.7 Å². The molecule has 1 amide bonds. The maximum atomic E-state index is 12.9. The summed E-state index contributed by atoms with van der Waals surface area (Å²) >= 11 is 0. The summed E-state index contributed by atoms with van der Waals surface area (Å²) in [5, 5.41) is 0. The van der Waals surface area contributed by atoms with Crippen molar-refractivity contribution in [1.82, 2.24) is 14.9 Å². The van der Waals surface area contributed by atoms with E-state index in [0.717, 1.165) is 48.4 Å². The second-order valence-electron chi connectivity index (χ2n) is 6.92. The molecule has 0 saturated carbocycles. The number of hydrogen-bond donors (Lipinski definition) is 1. The Morgan fingerprint density at radius 1 is 1.12 bits per heavy atom. The number of imidazole rings is 1. The second kappa shape index (κ2) is 7.28. The van der Waals surface area contributed by atoms with Crippen molar-refractivity contribution in [3.8, 4) is 0 Å². The fourth-order valence-corrected chi connectivity index (χ4v) is 3.63. The molecule has 0 bridgehead atoms. The monoisotopic (exact) mass is 351 g/mol. The molecule has 1 saturated heterocycles. The zero-order chi connectivity index (χ0) is 17.9. The topological polar surface area (TPSA) is 49.0 Å². The lowest BCUT2D eigenvalue weighted by Gasteiger charge is -2.31. The van der Waals surface area contributed by atoms with Crippen LogP contribution in [0.2, 0.25) is 0 Å². The van der Waals surface area contributed by atoms with Gasteiger partial charge in [-0.1, -0.05) is 24.3 Å². The Bertz CT molecular complexity index is 862. The summed E-state index contributed by atoms with van der Waals surface area (Å²) in [7, 11) is 0. The van der Waals surface area contributed by atoms with Gasteiger partial charge in [-0.2, -0.15) is 0 Å². The number of carbonyl (C=O) groups excluding carboxylic acids is 1. The van der Waals surface area contributed by atoms with Gasteiger partial charge in [0.15, 0.2) is 0 Å². The molecule has 0 aliphatic carbocycles. The molecule has 2 heterocycles. The molecule has 0 spiro atoms. The number of aromatic nitrogens is 2. The van der Waals surface area contributed by atoms with Gasteiger partial charge in [-0.3, -0.25) is 4.79 Å². The fourth-order valence-electron chi connectivity index (χ4n) is 3.63. The second-order valence-corrected chi connectivity index (χ2v) is 6.92. The molecule has 4 rings (SSSR count). The molecule has 1 aliphatic rings. The van der Waals surface area contributed by atoms with E-state index >= 15 is 0 Å². The van der Waals surface area contributed by atoms with Crippen molar-refractivity contribution < 1.29 is 9.18 Å². The Morgan fingerprint density at radius 2 is 1.85 bits per heavy atom. The van der Waals surface area contributed by atoms with Gasteiger partial charge >= 0.3 is 0 Å². The lowest BCUT2D eigenvalue weighted by atomic mass is 9.95. The molecule has 4 nitrogen and oxygen atoms in total. The van der Waals surface area contributed by atoms with E-state index in [0.29, 0.717) is 18.8 Å². The largest absolute Gasteiger partial charge is 0.343 e. The van der Waals surface area contributed by atoms with E-state index in [1.807, 2.05) is 29.2 Å². The molecule has 1 fully saturated rings. The summed E-state index contributed by atoms with van der Waals surface area (Å²) in [5.41, 5.74) is 3.07. The lowest BCUT2D eigenvalue weighted by Crippen LogP contribution is -2.38.